The molecule has 1 aliphatic heterocycles. The Morgan fingerprint density at radius 2 is 1.88 bits per heavy atom. The van der Waals surface area contributed by atoms with Crippen LogP contribution in [0.1, 0.15) is 52.9 Å². The third-order valence-corrected chi connectivity index (χ3v) is 4.70. The molecule has 1 saturated carbocycles. The zero-order chi connectivity index (χ0) is 12.5. The van der Waals surface area contributed by atoms with Crippen LogP contribution in [0, 0.1) is 17.3 Å². The first-order chi connectivity index (χ1) is 8.00. The molecular formula is C14H24ClNO. The van der Waals surface area contributed by atoms with E-state index in [1.165, 1.54) is 31.4 Å². The molecule has 17 heavy (non-hydrogen) atoms. The van der Waals surface area contributed by atoms with Crippen molar-refractivity contribution in [3.63, 3.8) is 0 Å². The molecule has 0 spiro atoms. The molecule has 0 amide bonds. The van der Waals surface area contributed by atoms with Gasteiger partial charge in [0.2, 0.25) is 0 Å². The standard InChI is InChI=1S/C14H24ClNO/c1-14(2,3)11-6-4-10(5-7-11)13-8-12(9-15)17-16-13/h10-12H,4-9H2,1-3H3. The van der Waals surface area contributed by atoms with Crippen LogP contribution in [0.5, 0.6) is 0 Å². The second-order valence-corrected chi connectivity index (χ2v) is 6.89. The summed E-state index contributed by atoms with van der Waals surface area (Å²) in [6.45, 7) is 7.08. The van der Waals surface area contributed by atoms with E-state index in [0.717, 1.165) is 12.3 Å². The van der Waals surface area contributed by atoms with Crippen molar-refractivity contribution in [3.8, 4) is 0 Å². The molecule has 0 bridgehead atoms. The quantitative estimate of drug-likeness (QED) is 0.679. The third kappa shape index (κ3) is 3.15. The molecule has 1 aliphatic carbocycles. The van der Waals surface area contributed by atoms with Gasteiger partial charge in [-0.3, -0.25) is 0 Å². The summed E-state index contributed by atoms with van der Waals surface area (Å²) < 4.78 is 0. The molecule has 1 fully saturated rings. The number of alkyl halides is 1. The second-order valence-electron chi connectivity index (χ2n) is 6.58. The summed E-state index contributed by atoms with van der Waals surface area (Å²) in [6, 6.07) is 0. The van der Waals surface area contributed by atoms with E-state index < -0.39 is 0 Å². The number of oxime groups is 1. The molecule has 1 atom stereocenters. The van der Waals surface area contributed by atoms with Crippen LogP contribution in [0.4, 0.5) is 0 Å². The van der Waals surface area contributed by atoms with Crippen molar-refractivity contribution in [2.45, 2.75) is 59.0 Å². The molecule has 0 N–H and O–H groups in total. The zero-order valence-corrected chi connectivity index (χ0v) is 12.0. The summed E-state index contributed by atoms with van der Waals surface area (Å²) in [5, 5.41) is 4.23. The lowest BCUT2D eigenvalue weighted by Gasteiger charge is -2.36. The highest BCUT2D eigenvalue weighted by Gasteiger charge is 2.34. The fraction of sp³-hybridized carbons (Fsp3) is 0.929. The van der Waals surface area contributed by atoms with Gasteiger partial charge in [0, 0.05) is 12.3 Å². The van der Waals surface area contributed by atoms with Crippen molar-refractivity contribution in [1.29, 1.82) is 0 Å². The molecular weight excluding hydrogens is 234 g/mol. The highest BCUT2D eigenvalue weighted by Crippen LogP contribution is 2.41. The highest BCUT2D eigenvalue weighted by molar-refractivity contribution is 6.18. The van der Waals surface area contributed by atoms with Crippen molar-refractivity contribution in [2.24, 2.45) is 22.4 Å². The molecule has 1 unspecified atom stereocenters. The summed E-state index contributed by atoms with van der Waals surface area (Å²) >= 11 is 5.80. The first-order valence-electron chi connectivity index (χ1n) is 6.79. The predicted octanol–water partition coefficient (Wildman–Crippen LogP) is 4.22. The summed E-state index contributed by atoms with van der Waals surface area (Å²) in [7, 11) is 0. The molecule has 0 radical (unpaired) electrons. The van der Waals surface area contributed by atoms with Crippen LogP contribution in [-0.4, -0.2) is 17.7 Å². The van der Waals surface area contributed by atoms with Crippen LogP contribution < -0.4 is 0 Å². The number of halogens is 1. The predicted molar refractivity (Wildman–Crippen MR) is 72.5 cm³/mol. The Hall–Kier alpha value is -0.240. The lowest BCUT2D eigenvalue weighted by molar-refractivity contribution is 0.102. The SMILES string of the molecule is CC(C)(C)C1CCC(C2=NOC(CCl)C2)CC1. The maximum Gasteiger partial charge on any atom is 0.146 e. The normalized spacial score (nSPS) is 34.4. The minimum atomic E-state index is 0.131. The Bertz CT molecular complexity index is 287. The van der Waals surface area contributed by atoms with Gasteiger partial charge in [-0.15, -0.1) is 11.6 Å². The Morgan fingerprint density at radius 3 is 2.35 bits per heavy atom. The Balaban J connectivity index is 1.84. The smallest absolute Gasteiger partial charge is 0.146 e. The van der Waals surface area contributed by atoms with Crippen LogP contribution in [0.2, 0.25) is 0 Å². The van der Waals surface area contributed by atoms with E-state index in [9.17, 15) is 0 Å². The van der Waals surface area contributed by atoms with Crippen molar-refractivity contribution in [1.82, 2.24) is 0 Å². The molecule has 1 heterocycles. The topological polar surface area (TPSA) is 21.6 Å². The van der Waals surface area contributed by atoms with Gasteiger partial charge in [-0.2, -0.15) is 0 Å². The van der Waals surface area contributed by atoms with E-state index in [2.05, 4.69) is 25.9 Å². The molecule has 0 aromatic rings. The van der Waals surface area contributed by atoms with Crippen LogP contribution in [0.15, 0.2) is 5.16 Å². The lowest BCUT2D eigenvalue weighted by Crippen LogP contribution is -2.28. The van der Waals surface area contributed by atoms with Gasteiger partial charge >= 0.3 is 0 Å². The number of hydrogen-bond acceptors (Lipinski definition) is 2. The van der Waals surface area contributed by atoms with Crippen molar-refractivity contribution in [3.05, 3.63) is 0 Å². The largest absolute Gasteiger partial charge is 0.391 e. The summed E-state index contributed by atoms with van der Waals surface area (Å²) in [4.78, 5) is 5.32. The summed E-state index contributed by atoms with van der Waals surface area (Å²) in [5.41, 5.74) is 1.72. The zero-order valence-electron chi connectivity index (χ0n) is 11.2. The summed E-state index contributed by atoms with van der Waals surface area (Å²) in [5.74, 6) is 2.08. The van der Waals surface area contributed by atoms with E-state index in [-0.39, 0.29) is 6.10 Å². The molecule has 3 heteroatoms. The van der Waals surface area contributed by atoms with Gasteiger partial charge in [-0.25, -0.2) is 0 Å². The number of rotatable bonds is 2. The molecule has 0 saturated heterocycles. The van der Waals surface area contributed by atoms with Gasteiger partial charge in [-0.1, -0.05) is 25.9 Å². The Morgan fingerprint density at radius 1 is 1.24 bits per heavy atom. The maximum atomic E-state index is 5.80. The van der Waals surface area contributed by atoms with E-state index in [1.807, 2.05) is 0 Å². The number of nitrogens with zero attached hydrogens (tertiary/aromatic N) is 1. The van der Waals surface area contributed by atoms with E-state index in [0.29, 0.717) is 17.2 Å². The maximum absolute atomic E-state index is 5.80. The Kier molecular flexibility index (Phi) is 4.02. The van der Waals surface area contributed by atoms with Crippen LogP contribution in [-0.2, 0) is 4.84 Å². The van der Waals surface area contributed by atoms with Crippen LogP contribution in [0.25, 0.3) is 0 Å². The number of hydrogen-bond donors (Lipinski definition) is 0. The molecule has 2 rings (SSSR count). The molecule has 2 nitrogen and oxygen atoms in total. The van der Waals surface area contributed by atoms with Crippen LogP contribution >= 0.6 is 11.6 Å². The van der Waals surface area contributed by atoms with Crippen molar-refractivity contribution in [2.75, 3.05) is 5.88 Å². The first kappa shape index (κ1) is 13.2. The Labute approximate surface area is 110 Å². The highest BCUT2D eigenvalue weighted by atomic mass is 35.5. The van der Waals surface area contributed by atoms with Crippen molar-refractivity contribution >= 4 is 17.3 Å². The van der Waals surface area contributed by atoms with Gasteiger partial charge in [-0.05, 0) is 37.0 Å². The third-order valence-electron chi connectivity index (χ3n) is 4.35. The van der Waals surface area contributed by atoms with Gasteiger partial charge < -0.3 is 4.84 Å². The van der Waals surface area contributed by atoms with Crippen molar-refractivity contribution < 1.29 is 4.84 Å². The lowest BCUT2D eigenvalue weighted by atomic mass is 9.69. The second kappa shape index (κ2) is 5.17. The van der Waals surface area contributed by atoms with Crippen LogP contribution in [0.3, 0.4) is 0 Å². The summed E-state index contributed by atoms with van der Waals surface area (Å²) in [6.07, 6.45) is 6.30. The van der Waals surface area contributed by atoms with E-state index in [1.54, 1.807) is 0 Å². The fourth-order valence-electron chi connectivity index (χ4n) is 3.07. The van der Waals surface area contributed by atoms with E-state index >= 15 is 0 Å². The molecule has 98 valence electrons. The molecule has 0 aromatic heterocycles. The van der Waals surface area contributed by atoms with Gasteiger partial charge in [0.1, 0.15) is 6.10 Å². The van der Waals surface area contributed by atoms with Gasteiger partial charge in [0.15, 0.2) is 0 Å². The molecule has 2 aliphatic rings. The monoisotopic (exact) mass is 257 g/mol. The minimum Gasteiger partial charge on any atom is -0.391 e. The van der Waals surface area contributed by atoms with Gasteiger partial charge in [0.25, 0.3) is 0 Å². The minimum absolute atomic E-state index is 0.131. The van der Waals surface area contributed by atoms with Gasteiger partial charge in [0.05, 0.1) is 11.6 Å². The average molecular weight is 258 g/mol. The fourth-order valence-corrected chi connectivity index (χ4v) is 3.23. The average Bonchev–Trinajstić information content (AvgIpc) is 2.76. The molecule has 0 aromatic carbocycles. The van der Waals surface area contributed by atoms with E-state index in [4.69, 9.17) is 16.4 Å². The first-order valence-corrected chi connectivity index (χ1v) is 7.32.